The van der Waals surface area contributed by atoms with E-state index >= 15 is 0 Å². The molecule has 0 saturated heterocycles. The van der Waals surface area contributed by atoms with Crippen molar-refractivity contribution in [1.82, 2.24) is 0 Å². The molecule has 0 saturated carbocycles. The van der Waals surface area contributed by atoms with Crippen LogP contribution in [0.15, 0.2) is 36.4 Å². The third-order valence-electron chi connectivity index (χ3n) is 4.09. The number of benzene rings is 2. The van der Waals surface area contributed by atoms with E-state index in [4.69, 9.17) is 9.47 Å². The van der Waals surface area contributed by atoms with Crippen LogP contribution in [0, 0.1) is 6.92 Å². The molecule has 1 aliphatic heterocycles. The summed E-state index contributed by atoms with van der Waals surface area (Å²) < 4.78 is 10.8. The highest BCUT2D eigenvalue weighted by Gasteiger charge is 2.23. The largest absolute Gasteiger partial charge is 0.454 e. The Morgan fingerprint density at radius 3 is 2.90 bits per heavy atom. The van der Waals surface area contributed by atoms with Crippen LogP contribution in [0.3, 0.4) is 0 Å². The number of ether oxygens (including phenoxy) is 2. The fourth-order valence-electron chi connectivity index (χ4n) is 3.06. The van der Waals surface area contributed by atoms with E-state index in [9.17, 15) is 0 Å². The lowest BCUT2D eigenvalue weighted by Gasteiger charge is -2.16. The van der Waals surface area contributed by atoms with E-state index in [0.29, 0.717) is 12.8 Å². The van der Waals surface area contributed by atoms with Crippen LogP contribution in [0.4, 0.5) is 5.69 Å². The van der Waals surface area contributed by atoms with Gasteiger partial charge in [-0.1, -0.05) is 23.8 Å². The number of fused-ring (bicyclic) bond motifs is 2. The number of aryl methyl sites for hydroxylation is 2. The van der Waals surface area contributed by atoms with Gasteiger partial charge < -0.3 is 14.8 Å². The summed E-state index contributed by atoms with van der Waals surface area (Å²) in [6, 6.07) is 13.2. The quantitative estimate of drug-likeness (QED) is 0.897. The van der Waals surface area contributed by atoms with Crippen molar-refractivity contribution in [3.05, 3.63) is 53.1 Å². The third-order valence-corrected chi connectivity index (χ3v) is 4.09. The molecule has 1 heterocycles. The average molecular weight is 267 g/mol. The third kappa shape index (κ3) is 1.90. The molecule has 0 bridgehead atoms. The van der Waals surface area contributed by atoms with Crippen molar-refractivity contribution in [1.29, 1.82) is 0 Å². The van der Waals surface area contributed by atoms with E-state index in [1.165, 1.54) is 16.7 Å². The van der Waals surface area contributed by atoms with Crippen LogP contribution in [0.5, 0.6) is 11.5 Å². The molecule has 2 aliphatic rings. The molecule has 1 N–H and O–H groups in total. The minimum absolute atomic E-state index is 0.324. The van der Waals surface area contributed by atoms with Crippen LogP contribution in [0.25, 0.3) is 0 Å². The maximum Gasteiger partial charge on any atom is 0.231 e. The van der Waals surface area contributed by atoms with Gasteiger partial charge in [0, 0.05) is 11.8 Å². The van der Waals surface area contributed by atoms with Gasteiger partial charge in [0.05, 0.1) is 6.04 Å². The zero-order valence-corrected chi connectivity index (χ0v) is 11.5. The average Bonchev–Trinajstić information content (AvgIpc) is 3.05. The molecular weight excluding hydrogens is 250 g/mol. The predicted molar refractivity (Wildman–Crippen MR) is 78.4 cm³/mol. The predicted octanol–water partition coefficient (Wildman–Crippen LogP) is 3.82. The van der Waals surface area contributed by atoms with E-state index in [1.807, 2.05) is 12.1 Å². The molecule has 4 rings (SSSR count). The molecule has 1 atom stereocenters. The summed E-state index contributed by atoms with van der Waals surface area (Å²) in [5.41, 5.74) is 5.31. The topological polar surface area (TPSA) is 30.5 Å². The smallest absolute Gasteiger partial charge is 0.231 e. The van der Waals surface area contributed by atoms with Crippen LogP contribution >= 0.6 is 0 Å². The van der Waals surface area contributed by atoms with Crippen LogP contribution in [0.1, 0.15) is 29.2 Å². The Hall–Kier alpha value is -2.16. The summed E-state index contributed by atoms with van der Waals surface area (Å²) in [4.78, 5) is 0. The molecule has 0 radical (unpaired) electrons. The van der Waals surface area contributed by atoms with Crippen molar-refractivity contribution < 1.29 is 9.47 Å². The van der Waals surface area contributed by atoms with Crippen LogP contribution in [0.2, 0.25) is 0 Å². The maximum atomic E-state index is 5.43. The lowest BCUT2D eigenvalue weighted by molar-refractivity contribution is 0.174. The maximum absolute atomic E-state index is 5.43. The molecule has 0 aromatic heterocycles. The standard InChI is InChI=1S/C17H17NO2/c1-11-2-3-12-4-6-15(14(12)8-11)18-13-5-7-16-17(9-13)20-10-19-16/h2-3,5,7-9,15,18H,4,6,10H2,1H3. The second-order valence-corrected chi connectivity index (χ2v) is 5.51. The van der Waals surface area contributed by atoms with Crippen LogP contribution in [-0.2, 0) is 6.42 Å². The Kier molecular flexibility index (Phi) is 2.59. The highest BCUT2D eigenvalue weighted by atomic mass is 16.7. The molecule has 1 unspecified atom stereocenters. The monoisotopic (exact) mass is 267 g/mol. The van der Waals surface area contributed by atoms with Gasteiger partial charge in [0.1, 0.15) is 0 Å². The normalized spacial score (nSPS) is 18.9. The second kappa shape index (κ2) is 4.44. The lowest BCUT2D eigenvalue weighted by atomic mass is 10.0. The first kappa shape index (κ1) is 11.6. The minimum Gasteiger partial charge on any atom is -0.454 e. The highest BCUT2D eigenvalue weighted by Crippen LogP contribution is 2.38. The summed E-state index contributed by atoms with van der Waals surface area (Å²) in [6.45, 7) is 2.47. The molecule has 3 nitrogen and oxygen atoms in total. The molecule has 2 aromatic rings. The minimum atomic E-state index is 0.324. The number of nitrogens with one attached hydrogen (secondary N) is 1. The van der Waals surface area contributed by atoms with Gasteiger partial charge in [-0.2, -0.15) is 0 Å². The summed E-state index contributed by atoms with van der Waals surface area (Å²) >= 11 is 0. The van der Waals surface area contributed by atoms with Crippen molar-refractivity contribution in [3.8, 4) is 11.5 Å². The van der Waals surface area contributed by atoms with E-state index in [1.54, 1.807) is 0 Å². The molecule has 20 heavy (non-hydrogen) atoms. The Morgan fingerprint density at radius 1 is 1.05 bits per heavy atom. The molecule has 2 aromatic carbocycles. The number of anilines is 1. The Bertz CT molecular complexity index is 666. The first-order chi connectivity index (χ1) is 9.79. The van der Waals surface area contributed by atoms with Crippen molar-refractivity contribution in [2.24, 2.45) is 0 Å². The van der Waals surface area contributed by atoms with E-state index in [2.05, 4.69) is 36.5 Å². The number of rotatable bonds is 2. The Balaban J connectivity index is 1.60. The van der Waals surface area contributed by atoms with Gasteiger partial charge in [-0.15, -0.1) is 0 Å². The SMILES string of the molecule is Cc1ccc2c(c1)C(Nc1ccc3c(c1)OCO3)CC2. The van der Waals surface area contributed by atoms with Gasteiger partial charge in [-0.25, -0.2) is 0 Å². The molecule has 0 amide bonds. The van der Waals surface area contributed by atoms with E-state index < -0.39 is 0 Å². The van der Waals surface area contributed by atoms with Crippen molar-refractivity contribution >= 4 is 5.69 Å². The molecule has 102 valence electrons. The fourth-order valence-corrected chi connectivity index (χ4v) is 3.06. The van der Waals surface area contributed by atoms with Gasteiger partial charge in [-0.3, -0.25) is 0 Å². The van der Waals surface area contributed by atoms with Gasteiger partial charge >= 0.3 is 0 Å². The van der Waals surface area contributed by atoms with E-state index in [-0.39, 0.29) is 0 Å². The molecule has 0 fully saturated rings. The van der Waals surface area contributed by atoms with E-state index in [0.717, 1.165) is 30.0 Å². The van der Waals surface area contributed by atoms with Crippen molar-refractivity contribution in [3.63, 3.8) is 0 Å². The lowest BCUT2D eigenvalue weighted by Crippen LogP contribution is -2.07. The van der Waals surface area contributed by atoms with Crippen molar-refractivity contribution in [2.45, 2.75) is 25.8 Å². The van der Waals surface area contributed by atoms with Crippen LogP contribution in [-0.4, -0.2) is 6.79 Å². The van der Waals surface area contributed by atoms with Gasteiger partial charge in [0.2, 0.25) is 6.79 Å². The zero-order valence-electron chi connectivity index (χ0n) is 11.5. The molecule has 3 heteroatoms. The van der Waals surface area contributed by atoms with Crippen molar-refractivity contribution in [2.75, 3.05) is 12.1 Å². The number of hydrogen-bond acceptors (Lipinski definition) is 3. The summed E-state index contributed by atoms with van der Waals surface area (Å²) in [6.07, 6.45) is 2.30. The summed E-state index contributed by atoms with van der Waals surface area (Å²) in [5, 5.41) is 3.62. The Labute approximate surface area is 118 Å². The summed E-state index contributed by atoms with van der Waals surface area (Å²) in [5.74, 6) is 1.66. The highest BCUT2D eigenvalue weighted by molar-refractivity contribution is 5.57. The molecule has 1 aliphatic carbocycles. The first-order valence-electron chi connectivity index (χ1n) is 7.05. The zero-order chi connectivity index (χ0) is 13.5. The second-order valence-electron chi connectivity index (χ2n) is 5.51. The number of hydrogen-bond donors (Lipinski definition) is 1. The summed E-state index contributed by atoms with van der Waals surface area (Å²) in [7, 11) is 0. The fraction of sp³-hybridized carbons (Fsp3) is 0.294. The first-order valence-corrected chi connectivity index (χ1v) is 7.05. The van der Waals surface area contributed by atoms with Gasteiger partial charge in [0.15, 0.2) is 11.5 Å². The molecule has 0 spiro atoms. The van der Waals surface area contributed by atoms with Gasteiger partial charge in [-0.05, 0) is 43.0 Å². The molecular formula is C17H17NO2. The van der Waals surface area contributed by atoms with Crippen LogP contribution < -0.4 is 14.8 Å². The Morgan fingerprint density at radius 2 is 1.95 bits per heavy atom. The van der Waals surface area contributed by atoms with Gasteiger partial charge in [0.25, 0.3) is 0 Å².